The summed E-state index contributed by atoms with van der Waals surface area (Å²) in [5.74, 6) is -0.210. The first-order chi connectivity index (χ1) is 9.97. The summed E-state index contributed by atoms with van der Waals surface area (Å²) in [5.41, 5.74) is -0.358. The maximum atomic E-state index is 12.0. The van der Waals surface area contributed by atoms with Gasteiger partial charge >= 0.3 is 5.69 Å². The molecule has 2 rings (SSSR count). The fourth-order valence-electron chi connectivity index (χ4n) is 2.22. The molecule has 0 saturated carbocycles. The van der Waals surface area contributed by atoms with Crippen molar-refractivity contribution >= 4 is 16.9 Å². The van der Waals surface area contributed by atoms with E-state index in [2.05, 4.69) is 5.32 Å². The molecule has 1 N–H and O–H groups in total. The second-order valence-corrected chi connectivity index (χ2v) is 4.73. The summed E-state index contributed by atoms with van der Waals surface area (Å²) in [6, 6.07) is 1.61. The van der Waals surface area contributed by atoms with E-state index in [1.54, 1.807) is 31.0 Å². The highest BCUT2D eigenvalue weighted by molar-refractivity contribution is 5.80. The molecule has 21 heavy (non-hydrogen) atoms. The first-order valence-electron chi connectivity index (χ1n) is 6.48. The number of aryl methyl sites for hydroxylation is 1. The number of rotatable bonds is 5. The van der Waals surface area contributed by atoms with E-state index in [9.17, 15) is 14.4 Å². The van der Waals surface area contributed by atoms with Crippen LogP contribution in [0.4, 0.5) is 0 Å². The van der Waals surface area contributed by atoms with E-state index in [0.29, 0.717) is 24.2 Å². The molecule has 8 nitrogen and oxygen atoms in total. The van der Waals surface area contributed by atoms with Crippen LogP contribution in [0.3, 0.4) is 0 Å². The second-order valence-electron chi connectivity index (χ2n) is 4.73. The molecule has 8 heteroatoms. The summed E-state index contributed by atoms with van der Waals surface area (Å²) in [4.78, 5) is 35.8. The number of carbonyl (C=O) groups is 1. The molecule has 0 aliphatic carbocycles. The molecular formula is C13H18N4O4. The number of hydrogen-bond donors (Lipinski definition) is 1. The van der Waals surface area contributed by atoms with Gasteiger partial charge in [0.1, 0.15) is 12.2 Å². The highest BCUT2D eigenvalue weighted by Gasteiger charge is 2.14. The Hall–Kier alpha value is -2.35. The third kappa shape index (κ3) is 2.75. The minimum absolute atomic E-state index is 0.0354. The Balaban J connectivity index is 2.37. The zero-order valence-corrected chi connectivity index (χ0v) is 12.3. The Morgan fingerprint density at radius 2 is 2.00 bits per heavy atom. The third-order valence-electron chi connectivity index (χ3n) is 3.30. The lowest BCUT2D eigenvalue weighted by molar-refractivity contribution is -0.121. The Labute approximate surface area is 120 Å². The maximum Gasteiger partial charge on any atom is 0.332 e. The maximum absolute atomic E-state index is 12.0. The van der Waals surface area contributed by atoms with Crippen LogP contribution in [0.1, 0.15) is 0 Å². The number of nitrogens with one attached hydrogen (secondary N) is 1. The van der Waals surface area contributed by atoms with Gasteiger partial charge in [-0.2, -0.15) is 0 Å². The predicted molar refractivity (Wildman–Crippen MR) is 77.3 cm³/mol. The van der Waals surface area contributed by atoms with Crippen LogP contribution >= 0.6 is 0 Å². The first kappa shape index (κ1) is 15.0. The van der Waals surface area contributed by atoms with E-state index >= 15 is 0 Å². The topological polar surface area (TPSA) is 87.3 Å². The number of carbonyl (C=O) groups excluding carboxylic acids is 1. The third-order valence-corrected chi connectivity index (χ3v) is 3.30. The van der Waals surface area contributed by atoms with Crippen molar-refractivity contribution in [3.05, 3.63) is 33.1 Å². The van der Waals surface area contributed by atoms with E-state index in [4.69, 9.17) is 4.74 Å². The van der Waals surface area contributed by atoms with Crippen LogP contribution in [0.25, 0.3) is 11.0 Å². The summed E-state index contributed by atoms with van der Waals surface area (Å²) in [5, 5.41) is 3.10. The number of aromatic nitrogens is 3. The molecular weight excluding hydrogens is 276 g/mol. The minimum Gasteiger partial charge on any atom is -0.383 e. The van der Waals surface area contributed by atoms with Crippen molar-refractivity contribution < 1.29 is 9.53 Å². The molecule has 0 saturated heterocycles. The first-order valence-corrected chi connectivity index (χ1v) is 6.48. The van der Waals surface area contributed by atoms with Crippen molar-refractivity contribution in [3.8, 4) is 0 Å². The van der Waals surface area contributed by atoms with Crippen LogP contribution in [-0.2, 0) is 30.2 Å². The van der Waals surface area contributed by atoms with Gasteiger partial charge in [0, 0.05) is 33.9 Å². The van der Waals surface area contributed by atoms with Gasteiger partial charge in [0.15, 0.2) is 0 Å². The van der Waals surface area contributed by atoms with Crippen LogP contribution < -0.4 is 16.6 Å². The van der Waals surface area contributed by atoms with Crippen LogP contribution in [0.5, 0.6) is 0 Å². The lowest BCUT2D eigenvalue weighted by Gasteiger charge is -2.10. The van der Waals surface area contributed by atoms with Gasteiger partial charge in [-0.05, 0) is 6.07 Å². The van der Waals surface area contributed by atoms with Crippen molar-refractivity contribution in [2.45, 2.75) is 6.54 Å². The average Bonchev–Trinajstić information content (AvgIpc) is 2.87. The summed E-state index contributed by atoms with van der Waals surface area (Å²) >= 11 is 0. The highest BCUT2D eigenvalue weighted by Crippen LogP contribution is 2.09. The van der Waals surface area contributed by atoms with Gasteiger partial charge in [0.05, 0.1) is 12.0 Å². The van der Waals surface area contributed by atoms with Crippen LogP contribution in [0.2, 0.25) is 0 Å². The Morgan fingerprint density at radius 1 is 1.29 bits per heavy atom. The Kier molecular flexibility index (Phi) is 4.27. The largest absolute Gasteiger partial charge is 0.383 e. The van der Waals surface area contributed by atoms with Crippen molar-refractivity contribution in [1.29, 1.82) is 0 Å². The molecule has 0 aliphatic heterocycles. The molecule has 0 bridgehead atoms. The van der Waals surface area contributed by atoms with E-state index in [0.717, 1.165) is 4.57 Å². The molecule has 114 valence electrons. The van der Waals surface area contributed by atoms with E-state index in [1.807, 2.05) is 0 Å². The van der Waals surface area contributed by atoms with Gasteiger partial charge in [0.25, 0.3) is 5.56 Å². The minimum atomic E-state index is -0.424. The van der Waals surface area contributed by atoms with Crippen LogP contribution in [0, 0.1) is 0 Å². The molecule has 0 fully saturated rings. The predicted octanol–water partition coefficient (Wildman–Crippen LogP) is -1.20. The molecule has 0 aromatic carbocycles. The summed E-state index contributed by atoms with van der Waals surface area (Å²) < 4.78 is 8.84. The number of hydrogen-bond acceptors (Lipinski definition) is 4. The molecule has 2 aromatic rings. The van der Waals surface area contributed by atoms with E-state index in [-0.39, 0.29) is 18.0 Å². The molecule has 0 unspecified atom stereocenters. The lowest BCUT2D eigenvalue weighted by atomic mass is 10.4. The molecule has 0 aliphatic rings. The molecule has 0 spiro atoms. The molecule has 2 aromatic heterocycles. The Morgan fingerprint density at radius 3 is 2.67 bits per heavy atom. The van der Waals surface area contributed by atoms with Gasteiger partial charge in [-0.15, -0.1) is 0 Å². The number of fused-ring (bicyclic) bond motifs is 1. The fourth-order valence-corrected chi connectivity index (χ4v) is 2.22. The van der Waals surface area contributed by atoms with Gasteiger partial charge < -0.3 is 14.6 Å². The molecule has 1 amide bonds. The summed E-state index contributed by atoms with van der Waals surface area (Å²) in [7, 11) is 4.56. The standard InChI is InChI=1S/C13H18N4O4/c1-15-11-9(12(19)16(2)13(15)20)4-6-17(11)8-10(18)14-5-7-21-3/h4,6H,5,7-8H2,1-3H3,(H,14,18). The van der Waals surface area contributed by atoms with Gasteiger partial charge in [-0.1, -0.05) is 0 Å². The average molecular weight is 294 g/mol. The highest BCUT2D eigenvalue weighted by atomic mass is 16.5. The van der Waals surface area contributed by atoms with E-state index < -0.39 is 5.69 Å². The van der Waals surface area contributed by atoms with Gasteiger partial charge in [-0.25, -0.2) is 4.79 Å². The van der Waals surface area contributed by atoms with Crippen molar-refractivity contribution in [2.24, 2.45) is 14.1 Å². The SMILES string of the molecule is COCCNC(=O)Cn1ccc2c(=O)n(C)c(=O)n(C)c21. The summed E-state index contributed by atoms with van der Waals surface area (Å²) in [6.07, 6.45) is 1.63. The molecule has 0 radical (unpaired) electrons. The number of ether oxygens (including phenoxy) is 1. The van der Waals surface area contributed by atoms with Crippen molar-refractivity contribution in [3.63, 3.8) is 0 Å². The van der Waals surface area contributed by atoms with Crippen LogP contribution in [0.15, 0.2) is 21.9 Å². The second kappa shape index (κ2) is 5.96. The number of nitrogens with zero attached hydrogens (tertiary/aromatic N) is 3. The van der Waals surface area contributed by atoms with Crippen molar-refractivity contribution in [2.75, 3.05) is 20.3 Å². The van der Waals surface area contributed by atoms with Gasteiger partial charge in [0.2, 0.25) is 5.91 Å². The lowest BCUT2D eigenvalue weighted by Crippen LogP contribution is -2.37. The fraction of sp³-hybridized carbons (Fsp3) is 0.462. The van der Waals surface area contributed by atoms with Crippen LogP contribution in [-0.4, -0.2) is 39.9 Å². The number of amides is 1. The molecule has 2 heterocycles. The summed E-state index contributed by atoms with van der Waals surface area (Å²) in [6.45, 7) is 0.875. The van der Waals surface area contributed by atoms with Crippen molar-refractivity contribution in [1.82, 2.24) is 19.0 Å². The van der Waals surface area contributed by atoms with E-state index in [1.165, 1.54) is 11.6 Å². The Bertz CT molecular complexity index is 784. The normalized spacial score (nSPS) is 11.0. The zero-order valence-electron chi connectivity index (χ0n) is 12.3. The van der Waals surface area contributed by atoms with Gasteiger partial charge in [-0.3, -0.25) is 18.7 Å². The number of methoxy groups -OCH3 is 1. The smallest absolute Gasteiger partial charge is 0.332 e. The zero-order chi connectivity index (χ0) is 15.6. The quantitative estimate of drug-likeness (QED) is 0.702. The monoisotopic (exact) mass is 294 g/mol. The molecule has 0 atom stereocenters.